The number of ether oxygens (including phenoxy) is 1. The van der Waals surface area contributed by atoms with Crippen LogP contribution < -0.4 is 9.64 Å². The monoisotopic (exact) mass is 311 g/mol. The highest BCUT2D eigenvalue weighted by Crippen LogP contribution is 2.29. The first-order valence-electron chi connectivity index (χ1n) is 7.53. The number of β-amino-alcohol motifs (C(OH)–C–C–N with tert-alkyl or cyclic N) is 1. The lowest BCUT2D eigenvalue weighted by atomic mass is 10.1. The number of anilines is 1. The number of fused-ring (bicyclic) bond motifs is 1. The highest BCUT2D eigenvalue weighted by atomic mass is 16.5. The first-order valence-corrected chi connectivity index (χ1v) is 7.53. The Hall–Kier alpha value is -2.67. The number of aliphatic hydroxyl groups excluding tert-OH is 1. The topological polar surface area (TPSA) is 75.8 Å². The lowest BCUT2D eigenvalue weighted by Gasteiger charge is -2.18. The second kappa shape index (κ2) is 5.51. The van der Waals surface area contributed by atoms with E-state index in [4.69, 9.17) is 4.74 Å². The Bertz CT molecular complexity index is 830. The zero-order valence-electron chi connectivity index (χ0n) is 12.8. The smallest absolute Gasteiger partial charge is 0.200 e. The summed E-state index contributed by atoms with van der Waals surface area (Å²) in [5.41, 5.74) is 3.47. The average molecular weight is 311 g/mol. The van der Waals surface area contributed by atoms with Gasteiger partial charge in [0.05, 0.1) is 24.6 Å². The Balaban J connectivity index is 1.80. The third-order valence-electron chi connectivity index (χ3n) is 4.14. The van der Waals surface area contributed by atoms with Crippen molar-refractivity contribution in [3.63, 3.8) is 0 Å². The lowest BCUT2D eigenvalue weighted by molar-refractivity contribution is 0.198. The lowest BCUT2D eigenvalue weighted by Crippen LogP contribution is -2.22. The molecule has 4 rings (SSSR count). The van der Waals surface area contributed by atoms with Crippen LogP contribution in [0.5, 0.6) is 5.75 Å². The number of rotatable bonds is 3. The summed E-state index contributed by atoms with van der Waals surface area (Å²) in [4.78, 5) is 2.13. The van der Waals surface area contributed by atoms with Gasteiger partial charge in [-0.2, -0.15) is 9.61 Å². The van der Waals surface area contributed by atoms with E-state index in [9.17, 15) is 5.11 Å². The Labute approximate surface area is 133 Å². The average Bonchev–Trinajstić information content (AvgIpc) is 3.22. The molecule has 23 heavy (non-hydrogen) atoms. The number of aliphatic hydroxyl groups is 1. The molecule has 3 aromatic rings. The maximum atomic E-state index is 9.81. The second-order valence-corrected chi connectivity index (χ2v) is 5.63. The van der Waals surface area contributed by atoms with Crippen LogP contribution in [0.15, 0.2) is 36.7 Å². The number of hydrogen-bond donors (Lipinski definition) is 1. The highest BCUT2D eigenvalue weighted by molar-refractivity contribution is 5.74. The third-order valence-corrected chi connectivity index (χ3v) is 4.14. The zero-order valence-corrected chi connectivity index (χ0v) is 12.8. The molecule has 1 aromatic carbocycles. The maximum absolute atomic E-state index is 9.81. The fourth-order valence-corrected chi connectivity index (χ4v) is 2.91. The van der Waals surface area contributed by atoms with Crippen molar-refractivity contribution in [1.82, 2.24) is 19.8 Å². The fraction of sp³-hybridized carbons (Fsp3) is 0.312. The summed E-state index contributed by atoms with van der Waals surface area (Å²) >= 11 is 0. The molecule has 0 spiro atoms. The van der Waals surface area contributed by atoms with Crippen LogP contribution in [0.2, 0.25) is 0 Å². The Kier molecular flexibility index (Phi) is 3.34. The van der Waals surface area contributed by atoms with E-state index in [0.717, 1.165) is 35.7 Å². The molecule has 3 heterocycles. The molecule has 0 bridgehead atoms. The molecular weight excluding hydrogens is 294 g/mol. The van der Waals surface area contributed by atoms with Crippen molar-refractivity contribution in [2.24, 2.45) is 0 Å². The molecular formula is C16H17N5O2. The number of hydrogen-bond acceptors (Lipinski definition) is 6. The molecule has 0 unspecified atom stereocenters. The van der Waals surface area contributed by atoms with E-state index in [2.05, 4.69) is 20.2 Å². The van der Waals surface area contributed by atoms with Crippen LogP contribution >= 0.6 is 0 Å². The largest absolute Gasteiger partial charge is 0.497 e. The van der Waals surface area contributed by atoms with E-state index in [0.29, 0.717) is 12.2 Å². The molecule has 1 aliphatic rings. The minimum absolute atomic E-state index is 0.296. The first-order chi connectivity index (χ1) is 11.2. The van der Waals surface area contributed by atoms with Gasteiger partial charge in [-0.25, -0.2) is 0 Å². The SMILES string of the molecule is COc1ccc(-c2cc(N3CC[C@@H](O)C3)c3nncn3n2)cc1. The zero-order chi connectivity index (χ0) is 15.8. The highest BCUT2D eigenvalue weighted by Gasteiger charge is 2.24. The van der Waals surface area contributed by atoms with E-state index in [1.165, 1.54) is 0 Å². The predicted molar refractivity (Wildman–Crippen MR) is 85.6 cm³/mol. The standard InChI is InChI=1S/C16H17N5O2/c1-23-13-4-2-11(3-5-13)14-8-15(20-7-6-12(22)9-20)16-18-17-10-21(16)19-14/h2-5,8,10,12,22H,6-7,9H2,1H3/t12-/m1/s1. The third kappa shape index (κ3) is 2.49. The number of aromatic nitrogens is 4. The summed E-state index contributed by atoms with van der Waals surface area (Å²) in [6, 6.07) is 9.77. The van der Waals surface area contributed by atoms with E-state index < -0.39 is 0 Å². The van der Waals surface area contributed by atoms with Crippen molar-refractivity contribution >= 4 is 11.3 Å². The molecule has 0 saturated carbocycles. The van der Waals surface area contributed by atoms with Crippen molar-refractivity contribution in [1.29, 1.82) is 0 Å². The Morgan fingerprint density at radius 3 is 2.78 bits per heavy atom. The summed E-state index contributed by atoms with van der Waals surface area (Å²) in [5.74, 6) is 0.807. The minimum atomic E-state index is -0.296. The predicted octanol–water partition coefficient (Wildman–Crippen LogP) is 1.37. The quantitative estimate of drug-likeness (QED) is 0.787. The van der Waals surface area contributed by atoms with Crippen molar-refractivity contribution in [2.45, 2.75) is 12.5 Å². The molecule has 2 aromatic heterocycles. The van der Waals surface area contributed by atoms with E-state index in [1.807, 2.05) is 30.3 Å². The van der Waals surface area contributed by atoms with E-state index in [-0.39, 0.29) is 6.10 Å². The van der Waals surface area contributed by atoms with Crippen LogP contribution in [0.3, 0.4) is 0 Å². The van der Waals surface area contributed by atoms with Gasteiger partial charge in [0, 0.05) is 18.7 Å². The number of benzene rings is 1. The van der Waals surface area contributed by atoms with Gasteiger partial charge in [0.15, 0.2) is 0 Å². The van der Waals surface area contributed by atoms with Gasteiger partial charge >= 0.3 is 0 Å². The molecule has 0 aliphatic carbocycles. The summed E-state index contributed by atoms with van der Waals surface area (Å²) in [5, 5.41) is 22.5. The molecule has 7 nitrogen and oxygen atoms in total. The molecule has 1 aliphatic heterocycles. The van der Waals surface area contributed by atoms with Gasteiger partial charge in [0.2, 0.25) is 5.65 Å². The van der Waals surface area contributed by atoms with Gasteiger partial charge in [-0.1, -0.05) is 0 Å². The van der Waals surface area contributed by atoms with Crippen LogP contribution in [-0.4, -0.2) is 51.2 Å². The first kappa shape index (κ1) is 14.0. The maximum Gasteiger partial charge on any atom is 0.200 e. The summed E-state index contributed by atoms with van der Waals surface area (Å²) in [6.07, 6.45) is 2.06. The van der Waals surface area contributed by atoms with Gasteiger partial charge in [-0.3, -0.25) is 0 Å². The number of nitrogens with zero attached hydrogens (tertiary/aromatic N) is 5. The molecule has 0 amide bonds. The normalized spacial score (nSPS) is 17.8. The van der Waals surface area contributed by atoms with Crippen LogP contribution in [0.25, 0.3) is 16.9 Å². The molecule has 1 atom stereocenters. The van der Waals surface area contributed by atoms with Crippen LogP contribution in [-0.2, 0) is 0 Å². The Morgan fingerprint density at radius 2 is 2.09 bits per heavy atom. The van der Waals surface area contributed by atoms with Gasteiger partial charge in [-0.15, -0.1) is 10.2 Å². The summed E-state index contributed by atoms with van der Waals surface area (Å²) in [7, 11) is 1.65. The van der Waals surface area contributed by atoms with Crippen LogP contribution in [0.1, 0.15) is 6.42 Å². The Morgan fingerprint density at radius 1 is 1.26 bits per heavy atom. The minimum Gasteiger partial charge on any atom is -0.497 e. The second-order valence-electron chi connectivity index (χ2n) is 5.63. The molecule has 1 N–H and O–H groups in total. The van der Waals surface area contributed by atoms with Crippen molar-refractivity contribution in [2.75, 3.05) is 25.1 Å². The van der Waals surface area contributed by atoms with E-state index >= 15 is 0 Å². The fourth-order valence-electron chi connectivity index (χ4n) is 2.91. The van der Waals surface area contributed by atoms with Crippen LogP contribution in [0.4, 0.5) is 5.69 Å². The molecule has 0 radical (unpaired) electrons. The summed E-state index contributed by atoms with van der Waals surface area (Å²) < 4.78 is 6.88. The number of methoxy groups -OCH3 is 1. The molecule has 1 saturated heterocycles. The van der Waals surface area contributed by atoms with Crippen molar-refractivity contribution < 1.29 is 9.84 Å². The van der Waals surface area contributed by atoms with Gasteiger partial charge < -0.3 is 14.7 Å². The van der Waals surface area contributed by atoms with E-state index in [1.54, 1.807) is 18.0 Å². The molecule has 1 fully saturated rings. The molecule has 7 heteroatoms. The van der Waals surface area contributed by atoms with Gasteiger partial charge in [0.25, 0.3) is 0 Å². The van der Waals surface area contributed by atoms with Gasteiger partial charge in [0.1, 0.15) is 12.1 Å². The van der Waals surface area contributed by atoms with Gasteiger partial charge in [-0.05, 0) is 36.8 Å². The summed E-state index contributed by atoms with van der Waals surface area (Å²) in [6.45, 7) is 1.41. The molecule has 118 valence electrons. The van der Waals surface area contributed by atoms with Crippen molar-refractivity contribution in [3.05, 3.63) is 36.7 Å². The van der Waals surface area contributed by atoms with Crippen molar-refractivity contribution in [3.8, 4) is 17.0 Å². The van der Waals surface area contributed by atoms with Crippen LogP contribution in [0, 0.1) is 0 Å².